The van der Waals surface area contributed by atoms with Gasteiger partial charge in [-0.3, -0.25) is 9.59 Å². The lowest BCUT2D eigenvalue weighted by Crippen LogP contribution is -2.41. The van der Waals surface area contributed by atoms with E-state index in [1.807, 2.05) is 52.3 Å². The molecule has 2 amide bonds. The first-order valence-electron chi connectivity index (χ1n) is 11.2. The number of likely N-dealkylation sites (tertiary alicyclic amines) is 1. The topological polar surface area (TPSA) is 68.3 Å². The number of piperidine rings is 1. The van der Waals surface area contributed by atoms with Crippen molar-refractivity contribution in [1.82, 2.24) is 9.80 Å². The number of nitrogens with zero attached hydrogens (tertiary/aromatic N) is 2. The fourth-order valence-corrected chi connectivity index (χ4v) is 4.23. The van der Waals surface area contributed by atoms with Crippen LogP contribution in [0, 0.1) is 5.92 Å². The van der Waals surface area contributed by atoms with E-state index in [1.54, 1.807) is 13.2 Å². The molecule has 0 N–H and O–H groups in total. The maximum absolute atomic E-state index is 13.0. The molecule has 0 spiro atoms. The highest BCUT2D eigenvalue weighted by molar-refractivity contribution is 5.97. The predicted molar refractivity (Wildman–Crippen MR) is 120 cm³/mol. The van der Waals surface area contributed by atoms with Crippen LogP contribution in [0.4, 0.5) is 0 Å². The van der Waals surface area contributed by atoms with Gasteiger partial charge in [-0.15, -0.1) is 0 Å². The molecule has 2 fully saturated rings. The second-order valence-electron chi connectivity index (χ2n) is 8.20. The number of methoxy groups -OCH3 is 1. The Kier molecular flexibility index (Phi) is 7.27. The van der Waals surface area contributed by atoms with E-state index < -0.39 is 0 Å². The van der Waals surface area contributed by atoms with Crippen LogP contribution in [-0.2, 0) is 4.74 Å². The maximum Gasteiger partial charge on any atom is 0.257 e. The van der Waals surface area contributed by atoms with E-state index >= 15 is 0 Å². The van der Waals surface area contributed by atoms with E-state index in [2.05, 4.69) is 0 Å². The molecule has 2 saturated heterocycles. The number of para-hydroxylation sites is 1. The summed E-state index contributed by atoms with van der Waals surface area (Å²) in [7, 11) is 1.58. The number of amides is 2. The molecule has 2 aromatic carbocycles. The molecule has 1 atom stereocenters. The van der Waals surface area contributed by atoms with Crippen molar-refractivity contribution in [3.8, 4) is 11.5 Å². The van der Waals surface area contributed by atoms with E-state index in [4.69, 9.17) is 14.2 Å². The zero-order valence-electron chi connectivity index (χ0n) is 18.5. The molecule has 2 aliphatic heterocycles. The molecule has 1 unspecified atom stereocenters. The zero-order valence-corrected chi connectivity index (χ0v) is 18.5. The Hall–Kier alpha value is -3.06. The zero-order chi connectivity index (χ0) is 22.3. The Morgan fingerprint density at radius 3 is 2.47 bits per heavy atom. The van der Waals surface area contributed by atoms with E-state index in [0.29, 0.717) is 56.3 Å². The monoisotopic (exact) mass is 438 g/mol. The second-order valence-corrected chi connectivity index (χ2v) is 8.20. The molecule has 2 aliphatic rings. The Bertz CT molecular complexity index is 924. The standard InChI is InChI=1S/C25H30N2O5/c1-30-23-7-3-2-6-22(23)25(29)27-12-4-5-19(17-27)18-32-21-10-8-20(9-11-21)24(28)26-13-15-31-16-14-26/h2-3,6-11,19H,4-5,12-18H2,1H3. The molecule has 2 aromatic rings. The van der Waals surface area contributed by atoms with Gasteiger partial charge < -0.3 is 24.0 Å². The summed E-state index contributed by atoms with van der Waals surface area (Å²) in [5.74, 6) is 1.62. The third kappa shape index (κ3) is 5.22. The van der Waals surface area contributed by atoms with E-state index in [9.17, 15) is 9.59 Å². The van der Waals surface area contributed by atoms with Crippen molar-refractivity contribution < 1.29 is 23.8 Å². The Morgan fingerprint density at radius 2 is 1.72 bits per heavy atom. The molecule has 0 aliphatic carbocycles. The average Bonchev–Trinajstić information content (AvgIpc) is 2.87. The van der Waals surface area contributed by atoms with Crippen LogP contribution in [0.2, 0.25) is 0 Å². The molecule has 4 rings (SSSR count). The fraction of sp³-hybridized carbons (Fsp3) is 0.440. The number of rotatable bonds is 6. The highest BCUT2D eigenvalue weighted by Gasteiger charge is 2.26. The molecule has 0 radical (unpaired) electrons. The highest BCUT2D eigenvalue weighted by Crippen LogP contribution is 2.24. The number of carbonyl (C=O) groups is 2. The van der Waals surface area contributed by atoms with Gasteiger partial charge in [0.1, 0.15) is 11.5 Å². The predicted octanol–water partition coefficient (Wildman–Crippen LogP) is 3.10. The van der Waals surface area contributed by atoms with Gasteiger partial charge in [-0.05, 0) is 49.2 Å². The van der Waals surface area contributed by atoms with Gasteiger partial charge in [0.05, 0.1) is 32.5 Å². The van der Waals surface area contributed by atoms with Crippen molar-refractivity contribution in [3.63, 3.8) is 0 Å². The molecule has 2 heterocycles. The lowest BCUT2D eigenvalue weighted by Gasteiger charge is -2.33. The fourth-order valence-electron chi connectivity index (χ4n) is 4.23. The molecular formula is C25H30N2O5. The molecule has 32 heavy (non-hydrogen) atoms. The van der Waals surface area contributed by atoms with Crippen molar-refractivity contribution in [2.24, 2.45) is 5.92 Å². The maximum atomic E-state index is 13.0. The van der Waals surface area contributed by atoms with Gasteiger partial charge in [0.15, 0.2) is 0 Å². The van der Waals surface area contributed by atoms with Crippen molar-refractivity contribution in [2.75, 3.05) is 53.1 Å². The molecule has 0 saturated carbocycles. The number of hydrogen-bond acceptors (Lipinski definition) is 5. The number of benzene rings is 2. The summed E-state index contributed by atoms with van der Waals surface area (Å²) >= 11 is 0. The molecular weight excluding hydrogens is 408 g/mol. The van der Waals surface area contributed by atoms with Crippen LogP contribution < -0.4 is 9.47 Å². The largest absolute Gasteiger partial charge is 0.496 e. The summed E-state index contributed by atoms with van der Waals surface area (Å²) < 4.78 is 16.7. The molecule has 7 heteroatoms. The summed E-state index contributed by atoms with van der Waals surface area (Å²) in [4.78, 5) is 29.3. The number of ether oxygens (including phenoxy) is 3. The Balaban J connectivity index is 1.31. The van der Waals surface area contributed by atoms with Crippen molar-refractivity contribution in [2.45, 2.75) is 12.8 Å². The summed E-state index contributed by atoms with van der Waals surface area (Å²) in [5.41, 5.74) is 1.25. The summed E-state index contributed by atoms with van der Waals surface area (Å²) in [6.45, 7) is 4.37. The van der Waals surface area contributed by atoms with Crippen LogP contribution in [0.3, 0.4) is 0 Å². The summed E-state index contributed by atoms with van der Waals surface area (Å²) in [5, 5.41) is 0. The van der Waals surface area contributed by atoms with Crippen molar-refractivity contribution >= 4 is 11.8 Å². The Morgan fingerprint density at radius 1 is 0.969 bits per heavy atom. The molecule has 170 valence electrons. The van der Waals surface area contributed by atoms with Crippen LogP contribution in [0.5, 0.6) is 11.5 Å². The van der Waals surface area contributed by atoms with Gasteiger partial charge in [0, 0.05) is 37.7 Å². The lowest BCUT2D eigenvalue weighted by molar-refractivity contribution is 0.0303. The molecule has 7 nitrogen and oxygen atoms in total. The first-order valence-corrected chi connectivity index (χ1v) is 11.2. The van der Waals surface area contributed by atoms with Gasteiger partial charge in [0.25, 0.3) is 11.8 Å². The van der Waals surface area contributed by atoms with Crippen LogP contribution in [0.25, 0.3) is 0 Å². The summed E-state index contributed by atoms with van der Waals surface area (Å²) in [6, 6.07) is 14.6. The minimum absolute atomic E-state index is 0.00173. The minimum Gasteiger partial charge on any atom is -0.496 e. The normalized spacial score (nSPS) is 18.8. The average molecular weight is 439 g/mol. The SMILES string of the molecule is COc1ccccc1C(=O)N1CCCC(COc2ccc(C(=O)N3CCOCC3)cc2)C1. The quantitative estimate of drug-likeness (QED) is 0.693. The first-order chi connectivity index (χ1) is 15.7. The van der Waals surface area contributed by atoms with Crippen LogP contribution >= 0.6 is 0 Å². The molecule has 0 bridgehead atoms. The number of morpholine rings is 1. The number of carbonyl (C=O) groups excluding carboxylic acids is 2. The van der Waals surface area contributed by atoms with E-state index in [1.165, 1.54) is 0 Å². The van der Waals surface area contributed by atoms with Gasteiger partial charge in [0.2, 0.25) is 0 Å². The highest BCUT2D eigenvalue weighted by atomic mass is 16.5. The van der Waals surface area contributed by atoms with Crippen LogP contribution in [0.15, 0.2) is 48.5 Å². The van der Waals surface area contributed by atoms with Crippen molar-refractivity contribution in [1.29, 1.82) is 0 Å². The third-order valence-electron chi connectivity index (χ3n) is 6.03. The van der Waals surface area contributed by atoms with E-state index in [0.717, 1.165) is 25.1 Å². The van der Waals surface area contributed by atoms with Gasteiger partial charge in [-0.2, -0.15) is 0 Å². The molecule has 0 aromatic heterocycles. The Labute approximate surface area is 188 Å². The lowest BCUT2D eigenvalue weighted by atomic mass is 9.98. The minimum atomic E-state index is -0.00173. The summed E-state index contributed by atoms with van der Waals surface area (Å²) in [6.07, 6.45) is 1.96. The van der Waals surface area contributed by atoms with Crippen LogP contribution in [0.1, 0.15) is 33.6 Å². The number of hydrogen-bond donors (Lipinski definition) is 0. The van der Waals surface area contributed by atoms with Gasteiger partial charge in [-0.1, -0.05) is 12.1 Å². The first kappa shape index (κ1) is 22.1. The van der Waals surface area contributed by atoms with Crippen molar-refractivity contribution in [3.05, 3.63) is 59.7 Å². The van der Waals surface area contributed by atoms with Crippen LogP contribution in [-0.4, -0.2) is 74.7 Å². The van der Waals surface area contributed by atoms with Gasteiger partial charge in [-0.25, -0.2) is 0 Å². The van der Waals surface area contributed by atoms with Gasteiger partial charge >= 0.3 is 0 Å². The van der Waals surface area contributed by atoms with E-state index in [-0.39, 0.29) is 17.7 Å². The third-order valence-corrected chi connectivity index (χ3v) is 6.03. The second kappa shape index (κ2) is 10.5. The smallest absolute Gasteiger partial charge is 0.257 e.